The Kier molecular flexibility index (Phi) is 11.9. The lowest BCUT2D eigenvalue weighted by Gasteiger charge is -2.21. The summed E-state index contributed by atoms with van der Waals surface area (Å²) in [7, 11) is 0. The topological polar surface area (TPSA) is 66.8 Å². The van der Waals surface area contributed by atoms with Crippen LogP contribution in [0.1, 0.15) is 51.9 Å². The summed E-state index contributed by atoms with van der Waals surface area (Å²) in [6, 6.07) is 0. The van der Waals surface area contributed by atoms with Crippen LogP contribution < -0.4 is 0 Å². The largest absolute Gasteiger partial charge is 0.481 e. The van der Waals surface area contributed by atoms with Gasteiger partial charge in [0, 0.05) is 23.3 Å². The molecule has 2 aliphatic carbocycles. The van der Waals surface area contributed by atoms with Crippen molar-refractivity contribution in [3.05, 3.63) is 34.9 Å². The Bertz CT molecular complexity index is 514. The lowest BCUT2D eigenvalue weighted by atomic mass is 10.0. The molecule has 0 spiro atoms. The van der Waals surface area contributed by atoms with Gasteiger partial charge in [-0.2, -0.15) is 0 Å². The molecule has 26 heavy (non-hydrogen) atoms. The Morgan fingerprint density at radius 3 is 2.77 bits per heavy atom. The van der Waals surface area contributed by atoms with Gasteiger partial charge in [-0.15, -0.1) is 11.6 Å². The summed E-state index contributed by atoms with van der Waals surface area (Å²) in [5.74, 6) is -0.132. The van der Waals surface area contributed by atoms with Crippen molar-refractivity contribution in [3.63, 3.8) is 0 Å². The summed E-state index contributed by atoms with van der Waals surface area (Å²) in [4.78, 5) is 9.94. The van der Waals surface area contributed by atoms with Crippen LogP contribution in [-0.4, -0.2) is 40.9 Å². The number of unbranched alkanes of at least 4 members (excludes halogenated alkanes) is 1. The third kappa shape index (κ3) is 10.4. The molecule has 0 radical (unpaired) electrons. The molecule has 3 unspecified atom stereocenters. The fourth-order valence-corrected chi connectivity index (χ4v) is 3.65. The van der Waals surface area contributed by atoms with Crippen LogP contribution in [0.5, 0.6) is 0 Å². The SMILES string of the molecule is C/C=C\CCCC(=O)O.OCC1=CC(Cl)=CC(OCC2CCC(Cl)C2)C1. The van der Waals surface area contributed by atoms with Gasteiger partial charge in [0.15, 0.2) is 0 Å². The second-order valence-electron chi connectivity index (χ2n) is 6.72. The number of carbonyl (C=O) groups is 1. The van der Waals surface area contributed by atoms with Crippen molar-refractivity contribution in [1.82, 2.24) is 0 Å². The van der Waals surface area contributed by atoms with Crippen molar-refractivity contribution in [2.45, 2.75) is 63.4 Å². The van der Waals surface area contributed by atoms with E-state index >= 15 is 0 Å². The first-order valence-electron chi connectivity index (χ1n) is 9.20. The second kappa shape index (κ2) is 13.4. The number of aliphatic hydroxyl groups is 1. The molecule has 0 heterocycles. The lowest BCUT2D eigenvalue weighted by Crippen LogP contribution is -2.19. The summed E-state index contributed by atoms with van der Waals surface area (Å²) < 4.78 is 5.85. The maximum Gasteiger partial charge on any atom is 0.303 e. The van der Waals surface area contributed by atoms with Crippen molar-refractivity contribution < 1.29 is 19.7 Å². The van der Waals surface area contributed by atoms with Crippen LogP contribution in [0.15, 0.2) is 34.9 Å². The molecule has 0 aromatic carbocycles. The van der Waals surface area contributed by atoms with Crippen molar-refractivity contribution in [3.8, 4) is 0 Å². The number of carboxylic acids is 1. The van der Waals surface area contributed by atoms with Crippen molar-refractivity contribution in [2.75, 3.05) is 13.2 Å². The predicted octanol–water partition coefficient (Wildman–Crippen LogP) is 5.04. The number of rotatable bonds is 8. The van der Waals surface area contributed by atoms with Crippen molar-refractivity contribution in [2.24, 2.45) is 5.92 Å². The molecule has 2 N–H and O–H groups in total. The third-order valence-corrected chi connectivity index (χ3v) is 5.01. The van der Waals surface area contributed by atoms with Gasteiger partial charge in [0.25, 0.3) is 0 Å². The first-order chi connectivity index (χ1) is 12.4. The van der Waals surface area contributed by atoms with Gasteiger partial charge in [-0.25, -0.2) is 0 Å². The molecule has 2 rings (SSSR count). The number of aliphatic hydroxyl groups excluding tert-OH is 1. The zero-order valence-electron chi connectivity index (χ0n) is 15.4. The van der Waals surface area contributed by atoms with E-state index in [9.17, 15) is 4.79 Å². The third-order valence-electron chi connectivity index (χ3n) is 4.37. The van der Waals surface area contributed by atoms with Gasteiger partial charge in [0.1, 0.15) is 0 Å². The molecule has 0 aromatic rings. The quantitative estimate of drug-likeness (QED) is 0.337. The first kappa shape index (κ1) is 23.2. The van der Waals surface area contributed by atoms with Crippen LogP contribution in [0.25, 0.3) is 0 Å². The number of hydrogen-bond acceptors (Lipinski definition) is 3. The minimum atomic E-state index is -0.709. The minimum Gasteiger partial charge on any atom is -0.481 e. The molecular formula is C20H30Cl2O4. The van der Waals surface area contributed by atoms with Gasteiger partial charge < -0.3 is 14.9 Å². The van der Waals surface area contributed by atoms with E-state index < -0.39 is 5.97 Å². The molecule has 3 atom stereocenters. The Balaban J connectivity index is 0.000000321. The normalized spacial score (nSPS) is 25.5. The Morgan fingerprint density at radius 2 is 2.19 bits per heavy atom. The summed E-state index contributed by atoms with van der Waals surface area (Å²) in [5.41, 5.74) is 0.934. The van der Waals surface area contributed by atoms with E-state index in [0.717, 1.165) is 50.7 Å². The maximum atomic E-state index is 9.94. The maximum absolute atomic E-state index is 9.94. The molecule has 0 saturated heterocycles. The molecule has 0 aliphatic heterocycles. The molecule has 4 nitrogen and oxygen atoms in total. The van der Waals surface area contributed by atoms with E-state index in [2.05, 4.69) is 0 Å². The number of hydrogen-bond donors (Lipinski definition) is 2. The van der Waals surface area contributed by atoms with Gasteiger partial charge in [-0.3, -0.25) is 4.79 Å². The number of alkyl halides is 1. The Morgan fingerprint density at radius 1 is 1.42 bits per heavy atom. The van der Waals surface area contributed by atoms with E-state index in [-0.39, 0.29) is 19.1 Å². The monoisotopic (exact) mass is 404 g/mol. The zero-order valence-corrected chi connectivity index (χ0v) is 16.9. The highest BCUT2D eigenvalue weighted by atomic mass is 35.5. The molecule has 0 amide bonds. The Hall–Kier alpha value is -0.810. The van der Waals surface area contributed by atoms with Gasteiger partial charge >= 0.3 is 5.97 Å². The summed E-state index contributed by atoms with van der Waals surface area (Å²) in [6.07, 6.45) is 13.6. The highest BCUT2D eigenvalue weighted by Gasteiger charge is 2.24. The van der Waals surface area contributed by atoms with Crippen LogP contribution in [-0.2, 0) is 9.53 Å². The molecule has 1 saturated carbocycles. The van der Waals surface area contributed by atoms with Crippen LogP contribution in [0.3, 0.4) is 0 Å². The first-order valence-corrected chi connectivity index (χ1v) is 10.0. The van der Waals surface area contributed by atoms with Crippen LogP contribution in [0.2, 0.25) is 0 Å². The average Bonchev–Trinajstić information content (AvgIpc) is 3.02. The van der Waals surface area contributed by atoms with Gasteiger partial charge in [0.2, 0.25) is 0 Å². The van der Waals surface area contributed by atoms with E-state index in [1.54, 1.807) is 0 Å². The number of aliphatic carboxylic acids is 1. The van der Waals surface area contributed by atoms with E-state index in [0.29, 0.717) is 16.3 Å². The number of ether oxygens (including phenoxy) is 1. The number of allylic oxidation sites excluding steroid dienone is 4. The van der Waals surface area contributed by atoms with Crippen molar-refractivity contribution >= 4 is 29.2 Å². The fraction of sp³-hybridized carbons (Fsp3) is 0.650. The minimum absolute atomic E-state index is 0.00373. The zero-order chi connectivity index (χ0) is 19.4. The average molecular weight is 405 g/mol. The fourth-order valence-electron chi connectivity index (χ4n) is 2.98. The van der Waals surface area contributed by atoms with Gasteiger partial charge in [0.05, 0.1) is 19.3 Å². The highest BCUT2D eigenvalue weighted by Crippen LogP contribution is 2.30. The number of halogens is 2. The van der Waals surface area contributed by atoms with Crippen molar-refractivity contribution in [1.29, 1.82) is 0 Å². The standard InChI is InChI=1S/C13H18Cl2O2.C7H12O2/c14-11-2-1-9(3-11)8-17-13-5-10(7-16)4-12(15)6-13;1-2-3-4-5-6-7(8)9/h4,6,9,11,13,16H,1-3,5,7-8H2;2-3H,4-6H2,1H3,(H,8,9)/b;3-2-. The molecule has 6 heteroatoms. The van der Waals surface area contributed by atoms with Crippen LogP contribution in [0, 0.1) is 5.92 Å². The lowest BCUT2D eigenvalue weighted by molar-refractivity contribution is -0.137. The van der Waals surface area contributed by atoms with Gasteiger partial charge in [-0.05, 0) is 62.7 Å². The predicted molar refractivity (Wildman–Crippen MR) is 107 cm³/mol. The molecule has 0 aromatic heterocycles. The number of carboxylic acid groups (broad SMARTS) is 1. The smallest absolute Gasteiger partial charge is 0.303 e. The summed E-state index contributed by atoms with van der Waals surface area (Å²) in [5, 5.41) is 18.3. The Labute approximate surface area is 166 Å². The summed E-state index contributed by atoms with van der Waals surface area (Å²) in [6.45, 7) is 2.73. The van der Waals surface area contributed by atoms with Crippen LogP contribution in [0.4, 0.5) is 0 Å². The van der Waals surface area contributed by atoms with E-state index in [4.69, 9.17) is 38.2 Å². The van der Waals surface area contributed by atoms with E-state index in [1.807, 2.05) is 31.2 Å². The van der Waals surface area contributed by atoms with Crippen LogP contribution >= 0.6 is 23.2 Å². The highest BCUT2D eigenvalue weighted by molar-refractivity contribution is 6.31. The van der Waals surface area contributed by atoms with E-state index in [1.165, 1.54) is 0 Å². The molecule has 2 aliphatic rings. The second-order valence-corrected chi connectivity index (χ2v) is 7.77. The molecule has 1 fully saturated rings. The summed E-state index contributed by atoms with van der Waals surface area (Å²) >= 11 is 12.0. The molecular weight excluding hydrogens is 375 g/mol. The molecule has 0 bridgehead atoms. The van der Waals surface area contributed by atoms with Gasteiger partial charge in [-0.1, -0.05) is 23.8 Å². The molecule has 148 valence electrons.